The van der Waals surface area contributed by atoms with Crippen LogP contribution in [0.5, 0.6) is 5.75 Å². The van der Waals surface area contributed by atoms with E-state index in [1.165, 1.54) is 11.1 Å². The Kier molecular flexibility index (Phi) is 13.9. The first-order valence-corrected chi connectivity index (χ1v) is 27.1. The second-order valence-corrected chi connectivity index (χ2v) is 22.2. The number of para-hydroxylation sites is 2. The van der Waals surface area contributed by atoms with Crippen LogP contribution in [0, 0.1) is 12.0 Å². The van der Waals surface area contributed by atoms with Crippen LogP contribution in [0.2, 0.25) is 0 Å². The van der Waals surface area contributed by atoms with Crippen molar-refractivity contribution in [2.24, 2.45) is 5.92 Å². The van der Waals surface area contributed by atoms with Crippen LogP contribution in [0.25, 0.3) is 95.0 Å². The minimum absolute atomic E-state index is 0. The van der Waals surface area contributed by atoms with E-state index in [4.69, 9.17) is 9.97 Å². The molecule has 9 aromatic carbocycles. The maximum Gasteiger partial charge on any atom is 0.148 e. The molecule has 78 heavy (non-hydrogen) atoms. The first-order valence-electron chi connectivity index (χ1n) is 28.1. The average molecular weight is 1200 g/mol. The van der Waals surface area contributed by atoms with Gasteiger partial charge >= 0.3 is 0 Å². The summed E-state index contributed by atoms with van der Waals surface area (Å²) in [6, 6.07) is 79.3. The molecular formula is C73H64N3OPt-. The number of phenols is 1. The number of pyridine rings is 1. The fourth-order valence-electron chi connectivity index (χ4n) is 11.4. The van der Waals surface area contributed by atoms with Crippen molar-refractivity contribution in [3.8, 4) is 89.7 Å². The first-order chi connectivity index (χ1) is 38.2. The monoisotopic (exact) mass is 1200 g/mol. The van der Waals surface area contributed by atoms with Gasteiger partial charge in [-0.3, -0.25) is 9.55 Å². The molecule has 11 aromatic rings. The van der Waals surface area contributed by atoms with Crippen molar-refractivity contribution in [3.05, 3.63) is 253 Å². The van der Waals surface area contributed by atoms with Crippen LogP contribution >= 0.6 is 0 Å². The molecule has 0 spiro atoms. The smallest absolute Gasteiger partial charge is 0.148 e. The topological polar surface area (TPSA) is 50.9 Å². The molecule has 1 aliphatic carbocycles. The molecule has 12 rings (SSSR count). The molecule has 1 aliphatic rings. The fraction of sp³-hybridized carbons (Fsp3) is 0.178. The molecule has 1 fully saturated rings. The molecule has 0 atom stereocenters. The van der Waals surface area contributed by atoms with E-state index in [0.29, 0.717) is 22.5 Å². The number of imidazole rings is 1. The van der Waals surface area contributed by atoms with Crippen LogP contribution in [0.3, 0.4) is 0 Å². The number of rotatable bonds is 12. The zero-order valence-corrected chi connectivity index (χ0v) is 47.1. The maximum atomic E-state index is 12.9. The van der Waals surface area contributed by atoms with Gasteiger partial charge in [0, 0.05) is 52.2 Å². The van der Waals surface area contributed by atoms with E-state index < -0.39 is 6.37 Å². The second-order valence-electron chi connectivity index (χ2n) is 22.2. The predicted molar refractivity (Wildman–Crippen MR) is 320 cm³/mol. The van der Waals surface area contributed by atoms with E-state index in [1.807, 2.05) is 79.0 Å². The number of hydrogen-bond donors (Lipinski definition) is 1. The Balaban J connectivity index is 0.00000675. The molecule has 0 radical (unpaired) electrons. The third kappa shape index (κ3) is 10.2. The van der Waals surface area contributed by atoms with Crippen LogP contribution in [-0.4, -0.2) is 19.6 Å². The summed E-state index contributed by atoms with van der Waals surface area (Å²) >= 11 is 0. The summed E-state index contributed by atoms with van der Waals surface area (Å²) in [7, 11) is 0. The van der Waals surface area contributed by atoms with Crippen molar-refractivity contribution < 1.29 is 28.9 Å². The van der Waals surface area contributed by atoms with E-state index in [1.54, 1.807) is 0 Å². The van der Waals surface area contributed by atoms with E-state index in [9.17, 15) is 7.85 Å². The third-order valence-corrected chi connectivity index (χ3v) is 15.8. The van der Waals surface area contributed by atoms with Gasteiger partial charge in [-0.25, -0.2) is 4.98 Å². The number of nitrogens with zero attached hydrogens (tertiary/aromatic N) is 3. The average Bonchev–Trinajstić information content (AvgIpc) is 4.25. The molecule has 2 heterocycles. The molecule has 0 aliphatic heterocycles. The van der Waals surface area contributed by atoms with Gasteiger partial charge in [-0.15, -0.1) is 29.3 Å². The van der Waals surface area contributed by atoms with Crippen molar-refractivity contribution in [1.82, 2.24) is 14.5 Å². The Morgan fingerprint density at radius 1 is 0.526 bits per heavy atom. The molecule has 5 heteroatoms. The van der Waals surface area contributed by atoms with Gasteiger partial charge in [-0.05, 0) is 98.1 Å². The Morgan fingerprint density at radius 2 is 1.12 bits per heavy atom. The Hall–Kier alpha value is -7.91. The standard InChI is InChI=1S/C73H64N3O.Pt/c1-72(2,3)59-46-55(45-56(47-59)66-48-54(41-42-74-66)51-36-38-58(39-37-51)73(4,5)57-27-13-8-14-28-57)61-31-20-34-68-69(61)75-71(64-33-19-32-63(70(64)77)62-30-18-17-29-60(62)52-23-9-6-10-24-52)76(68)67-40-35-50(43-49-21-15-16-22-49)44-65(67)53-25-11-7-12-26-53;/h6-14,17-20,23-42,44,46-49,77H,15-16,21-22,43H2,1-5H3;/q-1;/i43D2;. The molecule has 1 saturated carbocycles. The van der Waals surface area contributed by atoms with Crippen LogP contribution < -0.4 is 0 Å². The van der Waals surface area contributed by atoms with Crippen LogP contribution in [-0.2, 0) is 38.3 Å². The molecule has 0 amide bonds. The van der Waals surface area contributed by atoms with Crippen molar-refractivity contribution in [2.45, 2.75) is 77.5 Å². The van der Waals surface area contributed by atoms with Crippen LogP contribution in [0.15, 0.2) is 225 Å². The third-order valence-electron chi connectivity index (χ3n) is 15.8. The molecule has 0 unspecified atom stereocenters. The summed E-state index contributed by atoms with van der Waals surface area (Å²) in [6.07, 6.45) is 4.21. The summed E-state index contributed by atoms with van der Waals surface area (Å²) in [6.45, 7) is 11.3. The summed E-state index contributed by atoms with van der Waals surface area (Å²) in [5, 5.41) is 12.9. The minimum atomic E-state index is -1.52. The minimum Gasteiger partial charge on any atom is -0.507 e. The largest absolute Gasteiger partial charge is 0.507 e. The molecule has 388 valence electrons. The van der Waals surface area contributed by atoms with Crippen molar-refractivity contribution in [3.63, 3.8) is 0 Å². The molecule has 1 N–H and O–H groups in total. The van der Waals surface area contributed by atoms with E-state index >= 15 is 0 Å². The normalized spacial score (nSPS) is 13.5. The second kappa shape index (κ2) is 21.8. The Labute approximate surface area is 477 Å². The van der Waals surface area contributed by atoms with Crippen molar-refractivity contribution in [2.75, 3.05) is 0 Å². The molecule has 0 bridgehead atoms. The van der Waals surface area contributed by atoms with Crippen LogP contribution in [0.4, 0.5) is 0 Å². The predicted octanol–water partition coefficient (Wildman–Crippen LogP) is 18.9. The Morgan fingerprint density at radius 3 is 1.82 bits per heavy atom. The SMILES string of the molecule is [2H]C([2H])(c1ccc(-n2c(-c3cccc(-c4ccccc4-c4ccccc4)c3O)nc3c(-c4[c-]c(-c5cc(-c6ccc(C(C)(C)c7ccccc7)cc6)ccn5)cc(C(C)(C)C)c4)cccc32)c(-c2ccccc2)c1)C1CCCC1.[Pt]. The summed E-state index contributed by atoms with van der Waals surface area (Å²) in [4.78, 5) is 10.7. The van der Waals surface area contributed by atoms with Crippen molar-refractivity contribution in [1.29, 1.82) is 0 Å². The van der Waals surface area contributed by atoms with Gasteiger partial charge in [0.05, 0.1) is 22.3 Å². The maximum absolute atomic E-state index is 12.9. The summed E-state index contributed by atoms with van der Waals surface area (Å²) in [5.74, 6) is 0.616. The molecule has 0 saturated heterocycles. The number of phenolic OH excluding ortho intramolecular Hbond substituents is 1. The number of hydrogen-bond acceptors (Lipinski definition) is 3. The quantitative estimate of drug-likeness (QED) is 0.124. The van der Waals surface area contributed by atoms with Gasteiger partial charge in [-0.2, -0.15) is 0 Å². The number of aromatic nitrogens is 3. The van der Waals surface area contributed by atoms with Gasteiger partial charge in [-0.1, -0.05) is 247 Å². The van der Waals surface area contributed by atoms with Crippen LogP contribution in [0.1, 0.15) is 85.3 Å². The molecule has 2 aromatic heterocycles. The summed E-state index contributed by atoms with van der Waals surface area (Å²) < 4.78 is 21.3. The number of aromatic hydroxyl groups is 1. The molecular weight excluding hydrogens is 1130 g/mol. The van der Waals surface area contributed by atoms with E-state index in [0.717, 1.165) is 109 Å². The Bertz CT molecular complexity index is 4010. The van der Waals surface area contributed by atoms with E-state index in [-0.39, 0.29) is 43.6 Å². The zero-order valence-electron chi connectivity index (χ0n) is 46.9. The van der Waals surface area contributed by atoms with Gasteiger partial charge in [0.25, 0.3) is 0 Å². The number of fused-ring (bicyclic) bond motifs is 1. The summed E-state index contributed by atoms with van der Waals surface area (Å²) in [5.41, 5.74) is 18.0. The molecule has 4 nitrogen and oxygen atoms in total. The van der Waals surface area contributed by atoms with Crippen molar-refractivity contribution >= 4 is 11.0 Å². The number of benzene rings is 9. The van der Waals surface area contributed by atoms with Gasteiger partial charge < -0.3 is 5.11 Å². The van der Waals surface area contributed by atoms with Gasteiger partial charge in [0.15, 0.2) is 0 Å². The zero-order chi connectivity index (χ0) is 54.5. The first kappa shape index (κ1) is 49.6. The van der Waals surface area contributed by atoms with Gasteiger partial charge in [0.1, 0.15) is 11.6 Å². The van der Waals surface area contributed by atoms with Gasteiger partial charge in [0.2, 0.25) is 0 Å². The van der Waals surface area contributed by atoms with E-state index in [2.05, 4.69) is 191 Å². The fourth-order valence-corrected chi connectivity index (χ4v) is 11.4.